The summed E-state index contributed by atoms with van der Waals surface area (Å²) < 4.78 is 33.9. The quantitative estimate of drug-likeness (QED) is 0.0383. The lowest BCUT2D eigenvalue weighted by Gasteiger charge is -2.20. The van der Waals surface area contributed by atoms with Gasteiger partial charge < -0.3 is 39.1 Å². The van der Waals surface area contributed by atoms with Crippen molar-refractivity contribution in [2.45, 2.75) is 152 Å². The molecule has 0 aromatic heterocycles. The van der Waals surface area contributed by atoms with E-state index in [4.69, 9.17) is 28.4 Å². The van der Waals surface area contributed by atoms with Gasteiger partial charge in [-0.25, -0.2) is 19.2 Å². The summed E-state index contributed by atoms with van der Waals surface area (Å²) in [6.45, 7) is 13.2. The summed E-state index contributed by atoms with van der Waals surface area (Å²) >= 11 is 0. The van der Waals surface area contributed by atoms with E-state index in [0.29, 0.717) is 49.9 Å². The van der Waals surface area contributed by atoms with Gasteiger partial charge in [0.05, 0.1) is 11.2 Å². The number of fused-ring (bicyclic) bond motifs is 6. The molecule has 2 aliphatic carbocycles. The van der Waals surface area contributed by atoms with Crippen LogP contribution in [0.3, 0.4) is 0 Å². The van der Waals surface area contributed by atoms with Gasteiger partial charge in [0.2, 0.25) is 11.8 Å². The van der Waals surface area contributed by atoms with Crippen molar-refractivity contribution in [3.8, 4) is 0 Å². The molecule has 2 N–H and O–H groups in total. The summed E-state index contributed by atoms with van der Waals surface area (Å²) in [5, 5.41) is 5.62. The second-order valence-electron chi connectivity index (χ2n) is 17.9. The van der Waals surface area contributed by atoms with Crippen LogP contribution in [0.5, 0.6) is 0 Å². The van der Waals surface area contributed by atoms with Crippen LogP contribution in [0.2, 0.25) is 0 Å². The SMILES string of the molecule is C=C1C(=O)O[C@H]2[C@H]1CC/C(COC(=O)/C=C/C(=O)NCCCCCCCCCCNC(=O)/C=C/C(=O)OC/C1=C/CC[C@@]3(C)O[C@H]3[C@H]3OC(=O)C(=C)[C@@H]3CC1)=C\CC[C@@]1(C)O[C@@H]21. The standard InChI is InChI=1S/C48H64N2O12/c1-31-35-19-17-33(15-13-25-47(3)43(61-47)41(35)59-45(31)55)29-57-39(53)23-21-37(51)49-27-11-9-7-5-6-8-10-12-28-50-38(52)22-24-40(54)58-30-34-16-14-26-48(4)44(62-48)42-36(20-18-34)32(2)46(56)60-42/h15-16,21-24,35-36,41-44H,1-2,5-14,17-20,25-30H2,3-4H3,(H,49,51)(H,50,52)/b23-21+,24-22+,33-15+,34-16+/t35-,36-,41-,42-,43-,44-,47+,48+/m0/s1. The topological polar surface area (TPSA) is 188 Å². The Hall–Kier alpha value is -4.82. The van der Waals surface area contributed by atoms with E-state index in [0.717, 1.165) is 100 Å². The van der Waals surface area contributed by atoms with Crippen LogP contribution in [-0.4, -0.2) is 97.6 Å². The first kappa shape index (κ1) is 46.7. The first-order chi connectivity index (χ1) is 29.8. The molecule has 62 heavy (non-hydrogen) atoms. The van der Waals surface area contributed by atoms with Gasteiger partial charge >= 0.3 is 23.9 Å². The zero-order valence-corrected chi connectivity index (χ0v) is 36.4. The molecule has 4 saturated heterocycles. The van der Waals surface area contributed by atoms with E-state index in [-0.39, 0.29) is 84.4 Å². The highest BCUT2D eigenvalue weighted by molar-refractivity contribution is 5.95. The smallest absolute Gasteiger partial charge is 0.334 e. The third-order valence-electron chi connectivity index (χ3n) is 13.1. The van der Waals surface area contributed by atoms with Gasteiger partial charge in [-0.1, -0.05) is 63.8 Å². The van der Waals surface area contributed by atoms with E-state index in [1.54, 1.807) is 0 Å². The lowest BCUT2D eigenvalue weighted by Crippen LogP contribution is -2.29. The Labute approximate surface area is 364 Å². The van der Waals surface area contributed by atoms with Gasteiger partial charge in [-0.05, 0) is 89.2 Å². The number of ether oxygens (including phenoxy) is 6. The first-order valence-electron chi connectivity index (χ1n) is 22.5. The molecule has 0 aromatic carbocycles. The number of esters is 4. The molecule has 0 unspecified atom stereocenters. The predicted octanol–water partition coefficient (Wildman–Crippen LogP) is 6.05. The van der Waals surface area contributed by atoms with Crippen molar-refractivity contribution in [2.75, 3.05) is 26.3 Å². The Kier molecular flexibility index (Phi) is 16.2. The lowest BCUT2D eigenvalue weighted by molar-refractivity contribution is -0.140. The monoisotopic (exact) mass is 860 g/mol. The minimum absolute atomic E-state index is 0.110. The summed E-state index contributed by atoms with van der Waals surface area (Å²) in [5.74, 6) is -2.87. The van der Waals surface area contributed by atoms with Crippen molar-refractivity contribution in [3.05, 3.63) is 71.9 Å². The van der Waals surface area contributed by atoms with Gasteiger partial charge in [-0.2, -0.15) is 0 Å². The number of hydrogen-bond donors (Lipinski definition) is 2. The maximum absolute atomic E-state index is 12.4. The van der Waals surface area contributed by atoms with Gasteiger partial charge in [0.25, 0.3) is 0 Å². The Morgan fingerprint density at radius 1 is 0.645 bits per heavy atom. The van der Waals surface area contributed by atoms with Crippen molar-refractivity contribution < 1.29 is 57.2 Å². The van der Waals surface area contributed by atoms with Gasteiger partial charge in [0.1, 0.15) is 37.6 Å². The fourth-order valence-electron chi connectivity index (χ4n) is 9.07. The third-order valence-corrected chi connectivity index (χ3v) is 13.1. The van der Waals surface area contributed by atoms with Gasteiger partial charge in [0, 0.05) is 60.4 Å². The van der Waals surface area contributed by atoms with Crippen molar-refractivity contribution >= 4 is 35.7 Å². The number of amides is 2. The Morgan fingerprint density at radius 3 is 1.44 bits per heavy atom. The molecule has 6 rings (SSSR count). The Bertz CT molecular complexity index is 1730. The normalized spacial score (nSPS) is 32.1. The van der Waals surface area contributed by atoms with Gasteiger partial charge in [0.15, 0.2) is 0 Å². The molecular weight excluding hydrogens is 797 g/mol. The number of rotatable bonds is 19. The average molecular weight is 861 g/mol. The predicted molar refractivity (Wildman–Crippen MR) is 228 cm³/mol. The summed E-state index contributed by atoms with van der Waals surface area (Å²) in [5.41, 5.74) is 2.18. The minimum Gasteiger partial charge on any atom is -0.458 e. The van der Waals surface area contributed by atoms with E-state index in [1.807, 2.05) is 13.8 Å². The molecule has 4 aliphatic heterocycles. The molecule has 14 nitrogen and oxygen atoms in total. The van der Waals surface area contributed by atoms with E-state index < -0.39 is 11.9 Å². The number of carbonyl (C=O) groups excluding carboxylic acids is 6. The first-order valence-corrected chi connectivity index (χ1v) is 22.5. The van der Waals surface area contributed by atoms with Crippen LogP contribution in [-0.2, 0) is 57.2 Å². The molecule has 6 aliphatic rings. The average Bonchev–Trinajstić information content (AvgIpc) is 4.06. The molecule has 0 saturated carbocycles. The number of carbonyl (C=O) groups is 6. The molecule has 0 spiro atoms. The largest absolute Gasteiger partial charge is 0.458 e. The van der Waals surface area contributed by atoms with Crippen molar-refractivity contribution in [1.29, 1.82) is 0 Å². The van der Waals surface area contributed by atoms with Crippen molar-refractivity contribution in [1.82, 2.24) is 10.6 Å². The van der Waals surface area contributed by atoms with Crippen molar-refractivity contribution in [2.24, 2.45) is 11.8 Å². The minimum atomic E-state index is -0.593. The summed E-state index contributed by atoms with van der Waals surface area (Å²) in [6.07, 6.45) is 21.5. The maximum atomic E-state index is 12.4. The van der Waals surface area contributed by atoms with Gasteiger partial charge in [-0.15, -0.1) is 0 Å². The fraction of sp³-hybridized carbons (Fsp3) is 0.625. The number of nitrogens with one attached hydrogen (secondary N) is 2. The fourth-order valence-corrected chi connectivity index (χ4v) is 9.07. The number of hydrogen-bond acceptors (Lipinski definition) is 12. The van der Waals surface area contributed by atoms with Crippen LogP contribution < -0.4 is 10.6 Å². The summed E-state index contributed by atoms with van der Waals surface area (Å²) in [4.78, 5) is 73.6. The molecular formula is C48H64N2O12. The lowest BCUT2D eigenvalue weighted by atomic mass is 9.84. The van der Waals surface area contributed by atoms with Crippen LogP contribution in [0.1, 0.15) is 117 Å². The molecule has 338 valence electrons. The molecule has 0 radical (unpaired) electrons. The van der Waals surface area contributed by atoms with Crippen LogP contribution in [0.15, 0.2) is 71.9 Å². The van der Waals surface area contributed by atoms with E-state index in [1.165, 1.54) is 12.2 Å². The van der Waals surface area contributed by atoms with Gasteiger partial charge in [-0.3, -0.25) is 9.59 Å². The van der Waals surface area contributed by atoms with Crippen LogP contribution in [0.4, 0.5) is 0 Å². The second kappa shape index (κ2) is 21.5. The molecule has 4 heterocycles. The van der Waals surface area contributed by atoms with Crippen LogP contribution in [0.25, 0.3) is 0 Å². The Balaban J connectivity index is 0.739. The summed E-state index contributed by atoms with van der Waals surface area (Å²) in [7, 11) is 0. The Morgan fingerprint density at radius 2 is 1.03 bits per heavy atom. The van der Waals surface area contributed by atoms with Crippen molar-refractivity contribution in [3.63, 3.8) is 0 Å². The number of unbranched alkanes of at least 4 members (excludes halogenated alkanes) is 7. The van der Waals surface area contributed by atoms with E-state index >= 15 is 0 Å². The highest BCUT2D eigenvalue weighted by Gasteiger charge is 2.62. The summed E-state index contributed by atoms with van der Waals surface area (Å²) in [6, 6.07) is 0. The molecule has 0 aromatic rings. The molecule has 4 fully saturated rings. The zero-order chi connectivity index (χ0) is 44.3. The highest BCUT2D eigenvalue weighted by atomic mass is 16.7. The zero-order valence-electron chi connectivity index (χ0n) is 36.4. The number of allylic oxidation sites excluding steroid dienone is 2. The highest BCUT2D eigenvalue weighted by Crippen LogP contribution is 2.51. The third kappa shape index (κ3) is 12.9. The second-order valence-corrected chi connectivity index (χ2v) is 17.9. The maximum Gasteiger partial charge on any atom is 0.334 e. The molecule has 14 heteroatoms. The number of epoxide rings is 2. The van der Waals surface area contributed by atoms with E-state index in [9.17, 15) is 28.8 Å². The van der Waals surface area contributed by atoms with Crippen LogP contribution in [0, 0.1) is 11.8 Å². The molecule has 8 atom stereocenters. The molecule has 0 bridgehead atoms. The van der Waals surface area contributed by atoms with E-state index in [2.05, 4.69) is 35.9 Å². The molecule has 2 amide bonds. The van der Waals surface area contributed by atoms with Crippen LogP contribution >= 0.6 is 0 Å².